The average Bonchev–Trinajstić information content (AvgIpc) is 3.07. The topological polar surface area (TPSA) is 141 Å². The first kappa shape index (κ1) is 37.0. The van der Waals surface area contributed by atoms with E-state index in [9.17, 15) is 36.3 Å². The molecule has 0 unspecified atom stereocenters. The van der Waals surface area contributed by atoms with Crippen molar-refractivity contribution in [3.8, 4) is 0 Å². The molecule has 3 atom stereocenters. The second kappa shape index (κ2) is 16.1. The van der Waals surface area contributed by atoms with Crippen molar-refractivity contribution < 1.29 is 36.3 Å². The summed E-state index contributed by atoms with van der Waals surface area (Å²) in [5.41, 5.74) is 1.07. The molecule has 4 aromatic rings. The zero-order valence-electron chi connectivity index (χ0n) is 27.1. The Kier molecular flexibility index (Phi) is 12.1. The molecule has 3 aromatic carbocycles. The molecule has 0 radical (unpaired) electrons. The fourth-order valence-corrected chi connectivity index (χ4v) is 5.49. The zero-order valence-corrected chi connectivity index (χ0v) is 27.9. The molecular weight excluding hydrogens is 659 g/mol. The van der Waals surface area contributed by atoms with Crippen molar-refractivity contribution in [3.05, 3.63) is 131 Å². The summed E-state index contributed by atoms with van der Waals surface area (Å²) in [5, 5.41) is 19.8. The van der Waals surface area contributed by atoms with E-state index in [4.69, 9.17) is 0 Å². The summed E-state index contributed by atoms with van der Waals surface area (Å²) in [6.07, 6.45) is -2.57. The lowest BCUT2D eigenvalue weighted by Gasteiger charge is -2.25. The van der Waals surface area contributed by atoms with Gasteiger partial charge in [0, 0.05) is 43.7 Å². The molecule has 0 aliphatic heterocycles. The number of aliphatic hydroxyl groups excluding tert-OH is 1. The Morgan fingerprint density at radius 3 is 2.06 bits per heavy atom. The van der Waals surface area contributed by atoms with Gasteiger partial charge in [0.25, 0.3) is 11.8 Å². The van der Waals surface area contributed by atoms with Gasteiger partial charge in [0.05, 0.1) is 35.7 Å². The highest BCUT2D eigenvalue weighted by molar-refractivity contribution is 7.92. The molecule has 4 rings (SSSR count). The van der Waals surface area contributed by atoms with E-state index >= 15 is 0 Å². The van der Waals surface area contributed by atoms with Crippen molar-refractivity contribution >= 4 is 27.5 Å². The van der Waals surface area contributed by atoms with Crippen LogP contribution >= 0.6 is 0 Å². The predicted molar refractivity (Wildman–Crippen MR) is 180 cm³/mol. The van der Waals surface area contributed by atoms with Gasteiger partial charge < -0.3 is 21.1 Å². The molecule has 0 bridgehead atoms. The first-order valence-corrected chi connectivity index (χ1v) is 17.2. The molecule has 0 aliphatic rings. The number of hydrogen-bond donors (Lipinski definition) is 4. The quantitative estimate of drug-likeness (QED) is 0.152. The van der Waals surface area contributed by atoms with Crippen LogP contribution < -0.4 is 20.3 Å². The van der Waals surface area contributed by atoms with Crippen LogP contribution in [0.5, 0.6) is 0 Å². The molecule has 0 fully saturated rings. The minimum atomic E-state index is -4.55. The van der Waals surface area contributed by atoms with Crippen molar-refractivity contribution in [3.63, 3.8) is 0 Å². The molecule has 1 aromatic heterocycles. The van der Waals surface area contributed by atoms with Crippen LogP contribution in [0.15, 0.2) is 97.3 Å². The highest BCUT2D eigenvalue weighted by Crippen LogP contribution is 2.29. The van der Waals surface area contributed by atoms with Crippen LogP contribution in [0.1, 0.15) is 55.9 Å². The molecule has 0 saturated carbocycles. The molecule has 0 aliphatic carbocycles. The summed E-state index contributed by atoms with van der Waals surface area (Å²) >= 11 is 0. The zero-order chi connectivity index (χ0) is 35.8. The number of benzene rings is 3. The first-order chi connectivity index (χ1) is 23.1. The van der Waals surface area contributed by atoms with Gasteiger partial charge in [-0.2, -0.15) is 13.2 Å². The number of aliphatic hydroxyl groups is 1. The second-order valence-corrected chi connectivity index (χ2v) is 13.7. The summed E-state index contributed by atoms with van der Waals surface area (Å²) in [6.45, 7) is 1.66. The summed E-state index contributed by atoms with van der Waals surface area (Å²) in [5.74, 6) is -1.22. The van der Waals surface area contributed by atoms with Gasteiger partial charge in [-0.05, 0) is 54.3 Å². The molecule has 260 valence electrons. The molecular formula is C35H38F3N5O5S. The summed E-state index contributed by atoms with van der Waals surface area (Å²) < 4.78 is 65.2. The largest absolute Gasteiger partial charge is 0.417 e. The van der Waals surface area contributed by atoms with Crippen LogP contribution in [-0.2, 0) is 29.2 Å². The molecule has 2 amide bonds. The Labute approximate surface area is 283 Å². The van der Waals surface area contributed by atoms with E-state index < -0.39 is 51.8 Å². The highest BCUT2D eigenvalue weighted by atomic mass is 32.2. The second-order valence-electron chi connectivity index (χ2n) is 11.7. The number of halogens is 3. The molecule has 14 heteroatoms. The number of aromatic nitrogens is 1. The van der Waals surface area contributed by atoms with E-state index in [2.05, 4.69) is 20.9 Å². The van der Waals surface area contributed by atoms with Crippen molar-refractivity contribution in [2.24, 2.45) is 0 Å². The van der Waals surface area contributed by atoms with Crippen molar-refractivity contribution in [1.82, 2.24) is 20.9 Å². The normalized spacial score (nSPS) is 13.6. The third kappa shape index (κ3) is 10.6. The number of alkyl halides is 3. The lowest BCUT2D eigenvalue weighted by molar-refractivity contribution is -0.137. The maximum Gasteiger partial charge on any atom is 0.417 e. The van der Waals surface area contributed by atoms with E-state index in [-0.39, 0.29) is 41.9 Å². The lowest BCUT2D eigenvalue weighted by atomic mass is 10.00. The Balaban J connectivity index is 1.57. The summed E-state index contributed by atoms with van der Waals surface area (Å²) in [7, 11) is -2.47. The van der Waals surface area contributed by atoms with Crippen molar-refractivity contribution in [2.75, 3.05) is 24.2 Å². The van der Waals surface area contributed by atoms with Gasteiger partial charge in [-0.1, -0.05) is 60.7 Å². The standard InChI is InChI=1S/C35H38F3N5O5S/c1-23(26-12-8-5-9-13-26)41-33(45)27-16-28(18-30(17-27)43(2)49(3,47)48)34(46)42-31(15-24-10-6-4-7-11-24)32(44)22-40-20-25-14-29(21-39-19-25)35(36,37)38/h4-14,16-19,21,23,31-32,40,44H,15,20,22H2,1-3H3,(H,41,45)(H,42,46)/t23-,31+,32-/m1/s1. The fourth-order valence-electron chi connectivity index (χ4n) is 5.00. The van der Waals surface area contributed by atoms with Crippen LogP contribution in [0.25, 0.3) is 0 Å². The van der Waals surface area contributed by atoms with Gasteiger partial charge in [-0.25, -0.2) is 8.42 Å². The van der Waals surface area contributed by atoms with Crippen LogP contribution in [0, 0.1) is 0 Å². The number of rotatable bonds is 14. The van der Waals surface area contributed by atoms with Gasteiger partial charge in [0.2, 0.25) is 10.0 Å². The monoisotopic (exact) mass is 697 g/mol. The number of sulfonamides is 1. The molecule has 0 spiro atoms. The van der Waals surface area contributed by atoms with Crippen LogP contribution in [0.2, 0.25) is 0 Å². The van der Waals surface area contributed by atoms with E-state index in [1.165, 1.54) is 31.4 Å². The number of anilines is 1. The number of pyridine rings is 1. The van der Waals surface area contributed by atoms with Gasteiger partial charge in [0.1, 0.15) is 0 Å². The Bertz CT molecular complexity index is 1840. The predicted octanol–water partition coefficient (Wildman–Crippen LogP) is 4.48. The fraction of sp³-hybridized carbons (Fsp3) is 0.286. The van der Waals surface area contributed by atoms with Crippen molar-refractivity contribution in [1.29, 1.82) is 0 Å². The first-order valence-electron chi connectivity index (χ1n) is 15.3. The molecule has 49 heavy (non-hydrogen) atoms. The highest BCUT2D eigenvalue weighted by Gasteiger charge is 2.31. The summed E-state index contributed by atoms with van der Waals surface area (Å²) in [4.78, 5) is 30.8. The SMILES string of the molecule is C[C@@H](NC(=O)c1cc(C(=O)N[C@@H](Cc2ccccc2)[C@H](O)CNCc2cncc(C(F)(F)F)c2)cc(N(C)S(C)(=O)=O)c1)c1ccccc1. The Morgan fingerprint density at radius 2 is 1.47 bits per heavy atom. The number of carbonyl (C=O) groups excluding carboxylic acids is 2. The molecule has 10 nitrogen and oxygen atoms in total. The van der Waals surface area contributed by atoms with Crippen LogP contribution in [0.3, 0.4) is 0 Å². The average molecular weight is 698 g/mol. The van der Waals surface area contributed by atoms with Gasteiger partial charge >= 0.3 is 6.18 Å². The number of carbonyl (C=O) groups is 2. The minimum absolute atomic E-state index is 0.0280. The van der Waals surface area contributed by atoms with E-state index in [0.717, 1.165) is 34.0 Å². The molecule has 0 saturated heterocycles. The van der Waals surface area contributed by atoms with E-state index in [0.29, 0.717) is 0 Å². The van der Waals surface area contributed by atoms with Gasteiger partial charge in [-0.3, -0.25) is 18.9 Å². The third-order valence-electron chi connectivity index (χ3n) is 7.83. The number of nitrogens with one attached hydrogen (secondary N) is 3. The van der Waals surface area contributed by atoms with Crippen LogP contribution in [-0.4, -0.2) is 62.3 Å². The number of nitrogens with zero attached hydrogens (tertiary/aromatic N) is 2. The van der Waals surface area contributed by atoms with E-state index in [1.54, 1.807) is 19.1 Å². The Morgan fingerprint density at radius 1 is 0.878 bits per heavy atom. The van der Waals surface area contributed by atoms with E-state index in [1.807, 2.05) is 48.5 Å². The number of amides is 2. The molecule has 1 heterocycles. The third-order valence-corrected chi connectivity index (χ3v) is 9.04. The minimum Gasteiger partial charge on any atom is -0.390 e. The Hall–Kier alpha value is -4.79. The number of hydrogen-bond acceptors (Lipinski definition) is 7. The lowest BCUT2D eigenvalue weighted by Crippen LogP contribution is -2.48. The van der Waals surface area contributed by atoms with Gasteiger partial charge in [0.15, 0.2) is 0 Å². The molecule has 4 N–H and O–H groups in total. The van der Waals surface area contributed by atoms with Gasteiger partial charge in [-0.15, -0.1) is 0 Å². The smallest absolute Gasteiger partial charge is 0.390 e. The van der Waals surface area contributed by atoms with Crippen molar-refractivity contribution in [2.45, 2.75) is 44.3 Å². The maximum atomic E-state index is 13.8. The summed E-state index contributed by atoms with van der Waals surface area (Å²) in [6, 6.07) is 22.0. The maximum absolute atomic E-state index is 13.8. The van der Waals surface area contributed by atoms with Crippen LogP contribution in [0.4, 0.5) is 18.9 Å².